The van der Waals surface area contributed by atoms with E-state index in [1.165, 1.54) is 24.3 Å². The molecule has 0 N–H and O–H groups in total. The van der Waals surface area contributed by atoms with Crippen molar-refractivity contribution in [2.45, 2.75) is 4.90 Å². The first-order valence-corrected chi connectivity index (χ1v) is 6.29. The van der Waals surface area contributed by atoms with Crippen molar-refractivity contribution in [3.63, 3.8) is 0 Å². The summed E-state index contributed by atoms with van der Waals surface area (Å²) in [5.74, 6) is -0.943. The van der Waals surface area contributed by atoms with Crippen LogP contribution in [-0.2, 0) is 10.1 Å². The van der Waals surface area contributed by atoms with Crippen LogP contribution >= 0.6 is 0 Å². The van der Waals surface area contributed by atoms with E-state index in [0.717, 1.165) is 24.4 Å². The quantitative estimate of drug-likeness (QED) is 0.827. The lowest BCUT2D eigenvalue weighted by atomic mass is 10.4. The number of nitrogens with zero attached hydrogens (tertiary/aromatic N) is 1. The number of hydrogen-bond acceptors (Lipinski definition) is 4. The van der Waals surface area contributed by atoms with Gasteiger partial charge in [-0.1, -0.05) is 18.2 Å². The Hall–Kier alpha value is -2.15. The highest BCUT2D eigenvalue weighted by Crippen LogP contribution is 2.13. The zero-order valence-corrected chi connectivity index (χ0v) is 9.80. The lowest BCUT2D eigenvalue weighted by Crippen LogP contribution is -2.30. The number of aromatic nitrogens is 1. The molecule has 1 aromatic carbocycles. The van der Waals surface area contributed by atoms with Gasteiger partial charge in [-0.3, -0.25) is 9.08 Å². The second-order valence-electron chi connectivity index (χ2n) is 3.32. The van der Waals surface area contributed by atoms with Crippen molar-refractivity contribution in [2.75, 3.05) is 0 Å². The predicted octanol–water partition coefficient (Wildman–Crippen LogP) is 0.805. The Morgan fingerprint density at radius 1 is 1.06 bits per heavy atom. The summed E-state index contributed by atoms with van der Waals surface area (Å²) in [6, 6.07) is 8.71. The molecule has 1 aromatic heterocycles. The van der Waals surface area contributed by atoms with Gasteiger partial charge in [-0.2, -0.15) is 8.42 Å². The summed E-state index contributed by atoms with van der Waals surface area (Å²) in [6.45, 7) is 0. The lowest BCUT2D eigenvalue weighted by Gasteiger charge is -2.08. The van der Waals surface area contributed by atoms with Gasteiger partial charge in [-0.25, -0.2) is 4.39 Å². The van der Waals surface area contributed by atoms with E-state index >= 15 is 0 Å². The van der Waals surface area contributed by atoms with Gasteiger partial charge in [0.1, 0.15) is 10.7 Å². The van der Waals surface area contributed by atoms with Crippen LogP contribution in [0, 0.1) is 5.82 Å². The molecule has 18 heavy (non-hydrogen) atoms. The van der Waals surface area contributed by atoms with E-state index in [0.29, 0.717) is 4.73 Å². The fourth-order valence-corrected chi connectivity index (χ4v) is 2.23. The topological polar surface area (TPSA) is 65.4 Å². The van der Waals surface area contributed by atoms with E-state index in [2.05, 4.69) is 4.28 Å². The Morgan fingerprint density at radius 3 is 2.39 bits per heavy atom. The molecule has 0 atom stereocenters. The van der Waals surface area contributed by atoms with Crippen LogP contribution < -0.4 is 9.84 Å². The van der Waals surface area contributed by atoms with E-state index in [1.54, 1.807) is 0 Å². The summed E-state index contributed by atoms with van der Waals surface area (Å²) in [5, 5.41) is 0. The number of rotatable bonds is 3. The summed E-state index contributed by atoms with van der Waals surface area (Å²) in [5.41, 5.74) is -0.669. The Balaban J connectivity index is 2.43. The summed E-state index contributed by atoms with van der Waals surface area (Å²) < 4.78 is 41.9. The molecule has 0 amide bonds. The Labute approximate surface area is 102 Å². The zero-order chi connectivity index (χ0) is 13.2. The molecule has 2 rings (SSSR count). The van der Waals surface area contributed by atoms with Crippen LogP contribution in [0.25, 0.3) is 0 Å². The van der Waals surface area contributed by atoms with E-state index in [9.17, 15) is 17.6 Å². The van der Waals surface area contributed by atoms with E-state index in [-0.39, 0.29) is 0 Å². The largest absolute Gasteiger partial charge is 0.360 e. The zero-order valence-electron chi connectivity index (χ0n) is 8.99. The summed E-state index contributed by atoms with van der Waals surface area (Å²) in [6.07, 6.45) is 1.13. The highest BCUT2D eigenvalue weighted by molar-refractivity contribution is 7.87. The van der Waals surface area contributed by atoms with Crippen LogP contribution in [0.1, 0.15) is 0 Å². The molecular weight excluding hydrogens is 261 g/mol. The normalized spacial score (nSPS) is 11.2. The highest BCUT2D eigenvalue weighted by atomic mass is 32.2. The van der Waals surface area contributed by atoms with Crippen molar-refractivity contribution in [2.24, 2.45) is 0 Å². The van der Waals surface area contributed by atoms with E-state index in [4.69, 9.17) is 0 Å². The van der Waals surface area contributed by atoms with Gasteiger partial charge in [0, 0.05) is 12.3 Å². The molecule has 5 nitrogen and oxygen atoms in total. The second-order valence-corrected chi connectivity index (χ2v) is 4.82. The molecular formula is C11H8FNO4S. The lowest BCUT2D eigenvalue weighted by molar-refractivity contribution is 0.265. The molecule has 2 aromatic rings. The molecule has 0 aliphatic rings. The first-order chi connectivity index (χ1) is 8.50. The molecule has 7 heteroatoms. The van der Waals surface area contributed by atoms with Crippen molar-refractivity contribution >= 4 is 10.1 Å². The highest BCUT2D eigenvalue weighted by Gasteiger charge is 2.21. The minimum absolute atomic E-state index is 0.516. The summed E-state index contributed by atoms with van der Waals surface area (Å²) >= 11 is 0. The van der Waals surface area contributed by atoms with Crippen molar-refractivity contribution in [1.29, 1.82) is 0 Å². The van der Waals surface area contributed by atoms with Gasteiger partial charge >= 0.3 is 10.1 Å². The Bertz CT molecular complexity index is 724. The maximum atomic E-state index is 13.3. The number of benzene rings is 1. The van der Waals surface area contributed by atoms with Crippen LogP contribution in [0.3, 0.4) is 0 Å². The third-order valence-corrected chi connectivity index (χ3v) is 3.30. The standard InChI is InChI=1S/C11H8FNO4S/c12-9-5-1-2-6-10(9)18(15,16)17-13-8-4-3-7-11(13)14/h1-8H. The van der Waals surface area contributed by atoms with Gasteiger partial charge < -0.3 is 0 Å². The first-order valence-electron chi connectivity index (χ1n) is 4.88. The second kappa shape index (κ2) is 4.61. The van der Waals surface area contributed by atoms with Crippen molar-refractivity contribution in [1.82, 2.24) is 4.73 Å². The third-order valence-electron chi connectivity index (χ3n) is 2.07. The molecule has 0 radical (unpaired) electrons. The molecule has 0 unspecified atom stereocenters. The molecule has 0 fully saturated rings. The minimum Gasteiger partial charge on any atom is -0.281 e. The summed E-state index contributed by atoms with van der Waals surface area (Å²) in [7, 11) is -4.38. The van der Waals surface area contributed by atoms with Crippen LogP contribution in [-0.4, -0.2) is 13.1 Å². The van der Waals surface area contributed by atoms with Gasteiger partial charge in [0.2, 0.25) is 0 Å². The van der Waals surface area contributed by atoms with Gasteiger partial charge in [0.05, 0.1) is 0 Å². The van der Waals surface area contributed by atoms with Crippen LogP contribution in [0.4, 0.5) is 4.39 Å². The van der Waals surface area contributed by atoms with Gasteiger partial charge in [-0.05, 0) is 18.2 Å². The predicted molar refractivity (Wildman–Crippen MR) is 60.9 cm³/mol. The number of hydrogen-bond donors (Lipinski definition) is 0. The average Bonchev–Trinajstić information content (AvgIpc) is 2.32. The fourth-order valence-electron chi connectivity index (χ4n) is 1.27. The minimum atomic E-state index is -4.38. The molecule has 1 heterocycles. The molecule has 94 valence electrons. The molecule has 0 aliphatic carbocycles. The van der Waals surface area contributed by atoms with Crippen molar-refractivity contribution < 1.29 is 17.1 Å². The van der Waals surface area contributed by atoms with E-state index < -0.39 is 26.4 Å². The number of halogens is 1. The van der Waals surface area contributed by atoms with Gasteiger partial charge in [0.15, 0.2) is 0 Å². The molecule has 0 bridgehead atoms. The monoisotopic (exact) mass is 269 g/mol. The maximum Gasteiger partial charge on any atom is 0.360 e. The van der Waals surface area contributed by atoms with E-state index in [1.807, 2.05) is 0 Å². The molecule has 0 saturated heterocycles. The maximum absolute atomic E-state index is 13.3. The SMILES string of the molecule is O=c1ccccn1OS(=O)(=O)c1ccccc1F. The van der Waals surface area contributed by atoms with Crippen LogP contribution in [0.2, 0.25) is 0 Å². The Kier molecular flexibility index (Phi) is 3.15. The van der Waals surface area contributed by atoms with Crippen LogP contribution in [0.5, 0.6) is 0 Å². The summed E-state index contributed by atoms with van der Waals surface area (Å²) in [4.78, 5) is 10.7. The van der Waals surface area contributed by atoms with Crippen LogP contribution in [0.15, 0.2) is 58.4 Å². The molecule has 0 saturated carbocycles. The van der Waals surface area contributed by atoms with Crippen molar-refractivity contribution in [3.05, 3.63) is 64.8 Å². The van der Waals surface area contributed by atoms with Crippen molar-refractivity contribution in [3.8, 4) is 0 Å². The molecule has 0 spiro atoms. The average molecular weight is 269 g/mol. The first kappa shape index (κ1) is 12.3. The smallest absolute Gasteiger partial charge is 0.281 e. The number of pyridine rings is 1. The third kappa shape index (κ3) is 2.40. The fraction of sp³-hybridized carbons (Fsp3) is 0. The molecule has 0 aliphatic heterocycles. The van der Waals surface area contributed by atoms with Gasteiger partial charge in [0.25, 0.3) is 5.56 Å². The Morgan fingerprint density at radius 2 is 1.72 bits per heavy atom. The van der Waals surface area contributed by atoms with Gasteiger partial charge in [-0.15, -0.1) is 4.73 Å².